The van der Waals surface area contributed by atoms with Crippen LogP contribution in [0.2, 0.25) is 0 Å². The van der Waals surface area contributed by atoms with Crippen LogP contribution >= 0.6 is 0 Å². The average Bonchev–Trinajstić information content (AvgIpc) is 3.52. The van der Waals surface area contributed by atoms with E-state index in [0.717, 1.165) is 44.9 Å². The van der Waals surface area contributed by atoms with Gasteiger partial charge in [-0.05, 0) is 64.2 Å². The molecule has 1 amide bonds. The molecule has 0 aliphatic heterocycles. The minimum absolute atomic E-state index is 0.0221. The van der Waals surface area contributed by atoms with Crippen LogP contribution in [0, 0.1) is 0 Å². The largest absolute Gasteiger partial charge is 0.466 e. The predicted octanol–water partition coefficient (Wildman–Crippen LogP) is 26.2. The third-order valence-electron chi connectivity index (χ3n) is 18.7. The molecule has 0 bridgehead atoms. The molecule has 3 N–H and O–H groups in total. The second-order valence-corrected chi connectivity index (χ2v) is 27.4. The molecule has 87 heavy (non-hydrogen) atoms. The van der Waals surface area contributed by atoms with E-state index in [0.29, 0.717) is 19.4 Å². The first-order chi connectivity index (χ1) is 43.0. The van der Waals surface area contributed by atoms with E-state index in [9.17, 15) is 19.8 Å². The summed E-state index contributed by atoms with van der Waals surface area (Å²) >= 11 is 0. The first-order valence-electron chi connectivity index (χ1n) is 39.8. The number of carbonyl (C=O) groups is 2. The first kappa shape index (κ1) is 85.1. The molecule has 0 aliphatic rings. The monoisotopic (exact) mass is 1220 g/mol. The van der Waals surface area contributed by atoms with Gasteiger partial charge in [-0.1, -0.05) is 403 Å². The fraction of sp³-hybridized carbons (Fsp3) is 0.901. The van der Waals surface area contributed by atoms with E-state index in [1.807, 2.05) is 6.08 Å². The van der Waals surface area contributed by atoms with Crippen LogP contribution in [0.25, 0.3) is 0 Å². The third kappa shape index (κ3) is 73.0. The van der Waals surface area contributed by atoms with Crippen molar-refractivity contribution < 1.29 is 24.5 Å². The maximum atomic E-state index is 12.5. The number of aliphatic hydroxyl groups excluding tert-OH is 2. The summed E-state index contributed by atoms with van der Waals surface area (Å²) in [5.74, 6) is -0.0405. The molecule has 0 aromatic rings. The fourth-order valence-electron chi connectivity index (χ4n) is 12.6. The van der Waals surface area contributed by atoms with Crippen molar-refractivity contribution in [3.05, 3.63) is 36.5 Å². The number of aliphatic hydroxyl groups is 2. The average molecular weight is 1220 g/mol. The summed E-state index contributed by atoms with van der Waals surface area (Å²) in [6.07, 6.45) is 99.9. The number of amides is 1. The minimum atomic E-state index is -0.843. The molecule has 0 saturated carbocycles. The number of allylic oxidation sites excluding steroid dienone is 5. The molecule has 0 heterocycles. The van der Waals surface area contributed by atoms with Crippen LogP contribution in [0.15, 0.2) is 36.5 Å². The number of hydrogen-bond acceptors (Lipinski definition) is 5. The molecule has 6 heteroatoms. The Balaban J connectivity index is 3.36. The standard InChI is InChI=1S/C81H155NO5/c1-3-5-7-9-11-13-15-17-19-21-39-43-47-51-55-59-63-67-71-75-81(86)87-76-72-68-64-60-56-52-48-44-41-38-36-34-32-30-28-26-24-22-23-25-27-29-31-33-35-37-40-42-46-50-54-58-62-66-70-74-80(85)82-78(77-83)79(84)73-69-65-61-57-53-49-45-20-18-16-14-12-10-8-6-4-2/h24,26,30,32,69,73,78-79,83-84H,3-23,25,27-29,31,33-68,70-72,74-77H2,1-2H3,(H,82,85)/b26-24-,32-30-,73-69+. The summed E-state index contributed by atoms with van der Waals surface area (Å²) in [6.45, 7) is 4.95. The summed E-state index contributed by atoms with van der Waals surface area (Å²) in [5.41, 5.74) is 0. The number of hydrogen-bond donors (Lipinski definition) is 3. The zero-order valence-electron chi connectivity index (χ0n) is 59.0. The fourth-order valence-corrected chi connectivity index (χ4v) is 12.6. The second kappa shape index (κ2) is 76.5. The SMILES string of the molecule is CCCCCCCCCCCCCCCC/C=C/C(O)C(CO)NC(=O)CCCCCCCCCCCCCCCCCCC/C=C\C/C=C\CCCCCCCCCCCCCOC(=O)CCCCCCCCCCCCCCCCCCCCC. The maximum absolute atomic E-state index is 12.5. The Bertz CT molecular complexity index is 1410. The number of rotatable bonds is 75. The van der Waals surface area contributed by atoms with Gasteiger partial charge in [0.15, 0.2) is 0 Å². The molecule has 0 spiro atoms. The lowest BCUT2D eigenvalue weighted by atomic mass is 10.0. The van der Waals surface area contributed by atoms with E-state index in [1.54, 1.807) is 6.08 Å². The maximum Gasteiger partial charge on any atom is 0.305 e. The van der Waals surface area contributed by atoms with Gasteiger partial charge in [-0.15, -0.1) is 0 Å². The van der Waals surface area contributed by atoms with Crippen LogP contribution < -0.4 is 5.32 Å². The molecule has 0 aliphatic carbocycles. The molecule has 0 radical (unpaired) electrons. The molecule has 0 rings (SSSR count). The van der Waals surface area contributed by atoms with Crippen molar-refractivity contribution in [2.24, 2.45) is 0 Å². The highest BCUT2D eigenvalue weighted by Gasteiger charge is 2.18. The Hall–Kier alpha value is -1.92. The van der Waals surface area contributed by atoms with Crippen LogP contribution in [0.5, 0.6) is 0 Å². The highest BCUT2D eigenvalue weighted by molar-refractivity contribution is 5.76. The third-order valence-corrected chi connectivity index (χ3v) is 18.7. The van der Waals surface area contributed by atoms with E-state index in [1.165, 1.54) is 372 Å². The molecule has 514 valence electrons. The van der Waals surface area contributed by atoms with Gasteiger partial charge in [0, 0.05) is 12.8 Å². The van der Waals surface area contributed by atoms with Crippen LogP contribution in [-0.2, 0) is 14.3 Å². The lowest BCUT2D eigenvalue weighted by Gasteiger charge is -2.20. The van der Waals surface area contributed by atoms with Gasteiger partial charge in [-0.2, -0.15) is 0 Å². The Morgan fingerprint density at radius 1 is 0.322 bits per heavy atom. The molecule has 0 aromatic heterocycles. The van der Waals surface area contributed by atoms with Gasteiger partial charge >= 0.3 is 5.97 Å². The van der Waals surface area contributed by atoms with Gasteiger partial charge in [0.1, 0.15) is 0 Å². The second-order valence-electron chi connectivity index (χ2n) is 27.4. The zero-order valence-corrected chi connectivity index (χ0v) is 59.0. The van der Waals surface area contributed by atoms with Crippen molar-refractivity contribution in [1.82, 2.24) is 5.32 Å². The molecule has 0 saturated heterocycles. The van der Waals surface area contributed by atoms with Crippen LogP contribution in [0.4, 0.5) is 0 Å². The van der Waals surface area contributed by atoms with Gasteiger partial charge in [-0.25, -0.2) is 0 Å². The Morgan fingerprint density at radius 3 is 0.874 bits per heavy atom. The highest BCUT2D eigenvalue weighted by Crippen LogP contribution is 2.20. The molecule has 0 fully saturated rings. The summed E-state index contributed by atoms with van der Waals surface area (Å²) in [7, 11) is 0. The number of carbonyl (C=O) groups excluding carboxylic acids is 2. The van der Waals surface area contributed by atoms with Crippen molar-refractivity contribution in [3.8, 4) is 0 Å². The minimum Gasteiger partial charge on any atom is -0.466 e. The Kier molecular flexibility index (Phi) is 74.8. The quantitative estimate of drug-likeness (QED) is 0.0320. The summed E-state index contributed by atoms with van der Waals surface area (Å²) < 4.78 is 5.52. The predicted molar refractivity (Wildman–Crippen MR) is 384 cm³/mol. The van der Waals surface area contributed by atoms with Gasteiger partial charge in [0.05, 0.1) is 25.4 Å². The number of nitrogens with one attached hydrogen (secondary N) is 1. The lowest BCUT2D eigenvalue weighted by molar-refractivity contribution is -0.143. The molecular weight excluding hydrogens is 1070 g/mol. The van der Waals surface area contributed by atoms with Gasteiger partial charge in [0.25, 0.3) is 0 Å². The van der Waals surface area contributed by atoms with E-state index in [4.69, 9.17) is 4.74 Å². The van der Waals surface area contributed by atoms with Gasteiger partial charge < -0.3 is 20.3 Å². The summed E-state index contributed by atoms with van der Waals surface area (Å²) in [4.78, 5) is 24.6. The lowest BCUT2D eigenvalue weighted by Crippen LogP contribution is -2.45. The molecule has 2 unspecified atom stereocenters. The van der Waals surface area contributed by atoms with Crippen LogP contribution in [0.3, 0.4) is 0 Å². The number of unbranched alkanes of at least 4 members (excludes halogenated alkanes) is 60. The molecular formula is C81H155NO5. The van der Waals surface area contributed by atoms with Crippen LogP contribution in [0.1, 0.15) is 444 Å². The van der Waals surface area contributed by atoms with Crippen molar-refractivity contribution in [3.63, 3.8) is 0 Å². The highest BCUT2D eigenvalue weighted by atomic mass is 16.5. The number of esters is 1. The topological polar surface area (TPSA) is 95.9 Å². The smallest absolute Gasteiger partial charge is 0.305 e. The van der Waals surface area contributed by atoms with Crippen molar-refractivity contribution >= 4 is 11.9 Å². The van der Waals surface area contributed by atoms with Gasteiger partial charge in [0.2, 0.25) is 5.91 Å². The van der Waals surface area contributed by atoms with E-state index >= 15 is 0 Å². The van der Waals surface area contributed by atoms with Gasteiger partial charge in [-0.3, -0.25) is 9.59 Å². The summed E-state index contributed by atoms with van der Waals surface area (Å²) in [6, 6.07) is -0.626. The van der Waals surface area contributed by atoms with E-state index in [-0.39, 0.29) is 18.5 Å². The zero-order chi connectivity index (χ0) is 62.8. The van der Waals surface area contributed by atoms with E-state index in [2.05, 4.69) is 43.5 Å². The van der Waals surface area contributed by atoms with Crippen molar-refractivity contribution in [2.75, 3.05) is 13.2 Å². The first-order valence-corrected chi connectivity index (χ1v) is 39.8. The molecule has 6 nitrogen and oxygen atoms in total. The Labute approximate surface area is 544 Å². The van der Waals surface area contributed by atoms with Crippen molar-refractivity contribution in [2.45, 2.75) is 456 Å². The van der Waals surface area contributed by atoms with E-state index < -0.39 is 12.1 Å². The van der Waals surface area contributed by atoms with Crippen molar-refractivity contribution in [1.29, 1.82) is 0 Å². The normalized spacial score (nSPS) is 12.6. The number of ether oxygens (including phenoxy) is 1. The van der Waals surface area contributed by atoms with Crippen LogP contribution in [-0.4, -0.2) is 47.4 Å². The summed E-state index contributed by atoms with van der Waals surface area (Å²) in [5, 5.41) is 23.2. The molecule has 0 aromatic carbocycles. The molecule has 2 atom stereocenters. The Morgan fingerprint density at radius 2 is 0.575 bits per heavy atom.